The van der Waals surface area contributed by atoms with E-state index in [0.29, 0.717) is 42.6 Å². The highest BCUT2D eigenvalue weighted by Crippen LogP contribution is 2.39. The number of carbonyl (C=O) groups is 1. The lowest BCUT2D eigenvalue weighted by atomic mass is 10.1. The van der Waals surface area contributed by atoms with Gasteiger partial charge in [0.05, 0.1) is 38.6 Å². The van der Waals surface area contributed by atoms with E-state index < -0.39 is 0 Å². The predicted octanol–water partition coefficient (Wildman–Crippen LogP) is 3.24. The molecule has 1 amide bonds. The third kappa shape index (κ3) is 5.00. The molecule has 0 spiro atoms. The van der Waals surface area contributed by atoms with Crippen molar-refractivity contribution >= 4 is 12.1 Å². The van der Waals surface area contributed by atoms with Crippen LogP contribution in [0.15, 0.2) is 40.2 Å². The molecule has 0 bridgehead atoms. The van der Waals surface area contributed by atoms with E-state index in [-0.39, 0.29) is 5.91 Å². The predicted molar refractivity (Wildman–Crippen MR) is 93.7 cm³/mol. The lowest BCUT2D eigenvalue weighted by Gasteiger charge is -2.16. The van der Waals surface area contributed by atoms with Crippen molar-refractivity contribution in [1.29, 1.82) is 0 Å². The normalized spacial score (nSPS) is 10.7. The number of hydrazone groups is 1. The number of nitrogens with zero attached hydrogens (tertiary/aromatic N) is 1. The maximum absolute atomic E-state index is 12.4. The molecule has 1 aromatic carbocycles. The van der Waals surface area contributed by atoms with E-state index in [1.807, 2.05) is 20.8 Å². The molecule has 7 heteroatoms. The second-order valence-electron chi connectivity index (χ2n) is 4.86. The summed E-state index contributed by atoms with van der Waals surface area (Å²) in [6.07, 6.45) is 4.54. The number of carbonyl (C=O) groups excluding carboxylic acids is 1. The molecule has 1 aromatic heterocycles. The van der Waals surface area contributed by atoms with Gasteiger partial charge in [-0.25, -0.2) is 5.43 Å². The monoisotopic (exact) mass is 346 g/mol. The van der Waals surface area contributed by atoms with E-state index in [9.17, 15) is 4.79 Å². The van der Waals surface area contributed by atoms with Crippen molar-refractivity contribution in [2.24, 2.45) is 5.10 Å². The van der Waals surface area contributed by atoms with Gasteiger partial charge in [0.2, 0.25) is 5.75 Å². The molecule has 2 aromatic rings. The Balaban J connectivity index is 2.24. The summed E-state index contributed by atoms with van der Waals surface area (Å²) in [5.41, 5.74) is 3.57. The Bertz CT molecular complexity index is 683. The number of hydrogen-bond donors (Lipinski definition) is 1. The Kier molecular flexibility index (Phi) is 6.88. The van der Waals surface area contributed by atoms with Gasteiger partial charge in [0.1, 0.15) is 0 Å². The van der Waals surface area contributed by atoms with Gasteiger partial charge in [-0.2, -0.15) is 5.10 Å². The molecule has 0 fully saturated rings. The Morgan fingerprint density at radius 2 is 1.76 bits per heavy atom. The third-order valence-electron chi connectivity index (χ3n) is 3.09. The van der Waals surface area contributed by atoms with Crippen molar-refractivity contribution in [2.75, 3.05) is 19.8 Å². The fourth-order valence-corrected chi connectivity index (χ4v) is 2.10. The van der Waals surface area contributed by atoms with E-state index >= 15 is 0 Å². The molecule has 0 atom stereocenters. The van der Waals surface area contributed by atoms with Gasteiger partial charge >= 0.3 is 0 Å². The molecule has 0 aliphatic carbocycles. The van der Waals surface area contributed by atoms with Gasteiger partial charge in [-0.1, -0.05) is 0 Å². The summed E-state index contributed by atoms with van der Waals surface area (Å²) in [6.45, 7) is 6.93. The minimum atomic E-state index is -0.385. The summed E-state index contributed by atoms with van der Waals surface area (Å²) in [4.78, 5) is 12.4. The molecule has 0 radical (unpaired) electrons. The standard InChI is InChI=1S/C18H22N2O5/c1-4-23-15-9-14(10-16(24-5-2)17(15)25-6-3)18(21)20-19-11-13-7-8-22-12-13/h7-12H,4-6H2,1-3H3,(H,20,21)/b19-11-. The summed E-state index contributed by atoms with van der Waals surface area (Å²) in [6, 6.07) is 4.95. The molecule has 134 valence electrons. The largest absolute Gasteiger partial charge is 0.490 e. The maximum Gasteiger partial charge on any atom is 0.271 e. The molecule has 25 heavy (non-hydrogen) atoms. The van der Waals surface area contributed by atoms with Crippen molar-refractivity contribution in [2.45, 2.75) is 20.8 Å². The highest BCUT2D eigenvalue weighted by Gasteiger charge is 2.18. The Hall–Kier alpha value is -2.96. The number of amides is 1. The average molecular weight is 346 g/mol. The first-order chi connectivity index (χ1) is 12.2. The summed E-state index contributed by atoms with van der Waals surface area (Å²) in [5, 5.41) is 3.90. The van der Waals surface area contributed by atoms with Crippen LogP contribution in [0.25, 0.3) is 0 Å². The zero-order chi connectivity index (χ0) is 18.1. The fraction of sp³-hybridized carbons (Fsp3) is 0.333. The van der Waals surface area contributed by atoms with Gasteiger partial charge in [-0.05, 0) is 39.0 Å². The quantitative estimate of drug-likeness (QED) is 0.557. The van der Waals surface area contributed by atoms with Crippen molar-refractivity contribution < 1.29 is 23.4 Å². The van der Waals surface area contributed by atoms with Gasteiger partial charge in [-0.15, -0.1) is 0 Å². The SMILES string of the molecule is CCOc1cc(C(=O)N/N=C\c2ccoc2)cc(OCC)c1OCC. The lowest BCUT2D eigenvalue weighted by Crippen LogP contribution is -2.18. The summed E-state index contributed by atoms with van der Waals surface area (Å²) in [7, 11) is 0. The second kappa shape index (κ2) is 9.36. The van der Waals surface area contributed by atoms with E-state index in [0.717, 1.165) is 5.56 Å². The van der Waals surface area contributed by atoms with Gasteiger partial charge < -0.3 is 18.6 Å². The molecular formula is C18H22N2O5. The first-order valence-corrected chi connectivity index (χ1v) is 8.11. The van der Waals surface area contributed by atoms with Gasteiger partial charge in [0.15, 0.2) is 11.5 Å². The molecule has 0 saturated heterocycles. The van der Waals surface area contributed by atoms with Crippen LogP contribution in [0.2, 0.25) is 0 Å². The first kappa shape index (κ1) is 18.4. The zero-order valence-electron chi connectivity index (χ0n) is 14.6. The highest BCUT2D eigenvalue weighted by atomic mass is 16.5. The van der Waals surface area contributed by atoms with Gasteiger partial charge in [0.25, 0.3) is 5.91 Å². The van der Waals surface area contributed by atoms with E-state index in [1.165, 1.54) is 18.7 Å². The minimum Gasteiger partial charge on any atom is -0.490 e. The number of nitrogens with one attached hydrogen (secondary N) is 1. The number of ether oxygens (including phenoxy) is 3. The van der Waals surface area contributed by atoms with Crippen molar-refractivity contribution in [3.05, 3.63) is 41.9 Å². The molecule has 0 aliphatic rings. The lowest BCUT2D eigenvalue weighted by molar-refractivity contribution is 0.0954. The Labute approximate surface area is 146 Å². The summed E-state index contributed by atoms with van der Waals surface area (Å²) >= 11 is 0. The molecule has 7 nitrogen and oxygen atoms in total. The highest BCUT2D eigenvalue weighted by molar-refractivity contribution is 5.96. The van der Waals surface area contributed by atoms with E-state index in [4.69, 9.17) is 18.6 Å². The van der Waals surface area contributed by atoms with Gasteiger partial charge in [-0.3, -0.25) is 4.79 Å². The van der Waals surface area contributed by atoms with Crippen molar-refractivity contribution in [1.82, 2.24) is 5.43 Å². The van der Waals surface area contributed by atoms with E-state index in [2.05, 4.69) is 10.5 Å². The molecule has 1 heterocycles. The third-order valence-corrected chi connectivity index (χ3v) is 3.09. The van der Waals surface area contributed by atoms with Crippen molar-refractivity contribution in [3.63, 3.8) is 0 Å². The van der Waals surface area contributed by atoms with Crippen LogP contribution in [-0.2, 0) is 0 Å². The minimum absolute atomic E-state index is 0.361. The summed E-state index contributed by atoms with van der Waals surface area (Å²) in [5.74, 6) is 1.02. The zero-order valence-corrected chi connectivity index (χ0v) is 14.6. The number of hydrogen-bond acceptors (Lipinski definition) is 6. The summed E-state index contributed by atoms with van der Waals surface area (Å²) < 4.78 is 21.7. The van der Waals surface area contributed by atoms with Crippen molar-refractivity contribution in [3.8, 4) is 17.2 Å². The molecule has 0 saturated carbocycles. The average Bonchev–Trinajstić information content (AvgIpc) is 3.11. The fourth-order valence-electron chi connectivity index (χ4n) is 2.10. The molecule has 0 unspecified atom stereocenters. The molecule has 0 aliphatic heterocycles. The Morgan fingerprint density at radius 1 is 1.12 bits per heavy atom. The van der Waals surface area contributed by atoms with E-state index in [1.54, 1.807) is 18.2 Å². The molecular weight excluding hydrogens is 324 g/mol. The number of furan rings is 1. The van der Waals surface area contributed by atoms with Gasteiger partial charge in [0, 0.05) is 11.1 Å². The van der Waals surface area contributed by atoms with Crippen LogP contribution in [0, 0.1) is 0 Å². The first-order valence-electron chi connectivity index (χ1n) is 8.11. The van der Waals surface area contributed by atoms with Crippen LogP contribution in [0.1, 0.15) is 36.7 Å². The molecule has 2 rings (SSSR count). The molecule has 1 N–H and O–H groups in total. The second-order valence-corrected chi connectivity index (χ2v) is 4.86. The van der Waals surface area contributed by atoms with Crippen LogP contribution in [0.4, 0.5) is 0 Å². The smallest absolute Gasteiger partial charge is 0.271 e. The maximum atomic E-state index is 12.4. The topological polar surface area (TPSA) is 82.3 Å². The van der Waals surface area contributed by atoms with Crippen LogP contribution in [-0.4, -0.2) is 31.9 Å². The number of benzene rings is 1. The van der Waals surface area contributed by atoms with Crippen LogP contribution in [0.5, 0.6) is 17.2 Å². The Morgan fingerprint density at radius 3 is 2.28 bits per heavy atom. The van der Waals surface area contributed by atoms with Crippen LogP contribution >= 0.6 is 0 Å². The van der Waals surface area contributed by atoms with Crippen LogP contribution in [0.3, 0.4) is 0 Å². The number of rotatable bonds is 9. The van der Waals surface area contributed by atoms with Crippen LogP contribution < -0.4 is 19.6 Å².